The first-order chi connectivity index (χ1) is 10.3. The van der Waals surface area contributed by atoms with Crippen molar-refractivity contribution < 1.29 is 14.3 Å². The minimum absolute atomic E-state index is 0.287. The quantitative estimate of drug-likeness (QED) is 0.766. The molecule has 2 N–H and O–H groups in total. The number of rotatable bonds is 7. The number of nitrogens with zero attached hydrogens (tertiary/aromatic N) is 3. The van der Waals surface area contributed by atoms with Crippen molar-refractivity contribution in [1.82, 2.24) is 20.1 Å². The van der Waals surface area contributed by atoms with Gasteiger partial charge in [-0.25, -0.2) is 9.67 Å². The smallest absolute Gasteiger partial charge is 0.138 e. The molecule has 0 fully saturated rings. The van der Waals surface area contributed by atoms with Gasteiger partial charge in [-0.15, -0.1) is 0 Å². The van der Waals surface area contributed by atoms with E-state index in [2.05, 4.69) is 15.4 Å². The predicted octanol–water partition coefficient (Wildman–Crippen LogP) is 0.353. The first-order valence-electron chi connectivity index (χ1n) is 7.19. The average Bonchev–Trinajstić information content (AvgIpc) is 3.15. The molecule has 0 bridgehead atoms. The van der Waals surface area contributed by atoms with Gasteiger partial charge in [0, 0.05) is 19.0 Å². The Kier molecular flexibility index (Phi) is 4.64. The third-order valence-corrected chi connectivity index (χ3v) is 3.58. The molecule has 0 spiro atoms. The molecule has 2 aromatic heterocycles. The summed E-state index contributed by atoms with van der Waals surface area (Å²) in [6.07, 6.45) is 4.60. The van der Waals surface area contributed by atoms with E-state index < -0.39 is 6.10 Å². The summed E-state index contributed by atoms with van der Waals surface area (Å²) in [5.74, 6) is 1.80. The van der Waals surface area contributed by atoms with Crippen LogP contribution in [-0.2, 0) is 24.3 Å². The molecule has 2 aromatic rings. The van der Waals surface area contributed by atoms with Crippen LogP contribution in [0.2, 0.25) is 0 Å². The van der Waals surface area contributed by atoms with Crippen LogP contribution in [0.5, 0.6) is 0 Å². The molecule has 7 heteroatoms. The largest absolute Gasteiger partial charge is 0.467 e. The Morgan fingerprint density at radius 2 is 2.52 bits per heavy atom. The van der Waals surface area contributed by atoms with Crippen LogP contribution >= 0.6 is 0 Å². The van der Waals surface area contributed by atoms with E-state index in [4.69, 9.17) is 9.15 Å². The standard InChI is InChI=1S/C14H20N4O3/c19-12(8-20-9-13-2-1-5-21-13)6-15-11-3-4-14-16-10-17-18(14)7-11/h1-2,5,10-12,15,19H,3-4,6-9H2/t11-,12-/m0/s1. The summed E-state index contributed by atoms with van der Waals surface area (Å²) in [7, 11) is 0. The molecule has 0 amide bonds. The lowest BCUT2D eigenvalue weighted by Gasteiger charge is -2.24. The zero-order valence-corrected chi connectivity index (χ0v) is 11.8. The molecule has 2 atom stereocenters. The zero-order chi connectivity index (χ0) is 14.5. The van der Waals surface area contributed by atoms with Crippen LogP contribution in [0.4, 0.5) is 0 Å². The number of hydrogen-bond acceptors (Lipinski definition) is 6. The second-order valence-electron chi connectivity index (χ2n) is 5.25. The van der Waals surface area contributed by atoms with E-state index in [0.29, 0.717) is 19.2 Å². The Morgan fingerprint density at radius 1 is 1.57 bits per heavy atom. The van der Waals surface area contributed by atoms with Crippen LogP contribution in [0.3, 0.4) is 0 Å². The summed E-state index contributed by atoms with van der Waals surface area (Å²) in [5, 5.41) is 17.4. The molecule has 0 radical (unpaired) electrons. The lowest BCUT2D eigenvalue weighted by Crippen LogP contribution is -2.42. The van der Waals surface area contributed by atoms with Crippen molar-refractivity contribution in [3.63, 3.8) is 0 Å². The number of aliphatic hydroxyl groups is 1. The first kappa shape index (κ1) is 14.2. The monoisotopic (exact) mass is 292 g/mol. The fourth-order valence-electron chi connectivity index (χ4n) is 2.46. The highest BCUT2D eigenvalue weighted by Crippen LogP contribution is 2.11. The van der Waals surface area contributed by atoms with E-state index in [9.17, 15) is 5.11 Å². The first-order valence-corrected chi connectivity index (χ1v) is 7.19. The number of nitrogens with one attached hydrogen (secondary N) is 1. The van der Waals surface area contributed by atoms with Crippen molar-refractivity contribution in [2.24, 2.45) is 0 Å². The second kappa shape index (κ2) is 6.84. The number of aliphatic hydroxyl groups excluding tert-OH is 1. The van der Waals surface area contributed by atoms with Crippen LogP contribution in [0.15, 0.2) is 29.1 Å². The SMILES string of the molecule is O[C@@H](CN[C@H]1CCc2ncnn2C1)COCc1ccco1. The molecule has 3 heterocycles. The van der Waals surface area contributed by atoms with Crippen LogP contribution < -0.4 is 5.32 Å². The van der Waals surface area contributed by atoms with Gasteiger partial charge in [-0.05, 0) is 18.6 Å². The predicted molar refractivity (Wildman–Crippen MR) is 74.5 cm³/mol. The summed E-state index contributed by atoms with van der Waals surface area (Å²) in [5.41, 5.74) is 0. The zero-order valence-electron chi connectivity index (χ0n) is 11.8. The van der Waals surface area contributed by atoms with Gasteiger partial charge in [0.2, 0.25) is 0 Å². The Labute approximate surface area is 122 Å². The van der Waals surface area contributed by atoms with Gasteiger partial charge in [-0.3, -0.25) is 0 Å². The van der Waals surface area contributed by atoms with Gasteiger partial charge in [-0.2, -0.15) is 5.10 Å². The van der Waals surface area contributed by atoms with E-state index in [1.165, 1.54) is 0 Å². The maximum absolute atomic E-state index is 9.91. The van der Waals surface area contributed by atoms with Crippen molar-refractivity contribution in [2.45, 2.75) is 38.1 Å². The van der Waals surface area contributed by atoms with Crippen LogP contribution in [0.25, 0.3) is 0 Å². The maximum Gasteiger partial charge on any atom is 0.138 e. The third-order valence-electron chi connectivity index (χ3n) is 3.58. The van der Waals surface area contributed by atoms with Crippen LogP contribution in [0.1, 0.15) is 18.0 Å². The number of aryl methyl sites for hydroxylation is 1. The van der Waals surface area contributed by atoms with Crippen molar-refractivity contribution in [3.05, 3.63) is 36.3 Å². The van der Waals surface area contributed by atoms with Crippen molar-refractivity contribution in [3.8, 4) is 0 Å². The fraction of sp³-hybridized carbons (Fsp3) is 0.571. The lowest BCUT2D eigenvalue weighted by molar-refractivity contribution is 0.0209. The van der Waals surface area contributed by atoms with Crippen molar-refractivity contribution >= 4 is 0 Å². The average molecular weight is 292 g/mol. The van der Waals surface area contributed by atoms with Gasteiger partial charge in [0.15, 0.2) is 0 Å². The number of ether oxygens (including phenoxy) is 1. The minimum Gasteiger partial charge on any atom is -0.467 e. The fourth-order valence-corrected chi connectivity index (χ4v) is 2.46. The Morgan fingerprint density at radius 3 is 3.38 bits per heavy atom. The van der Waals surface area contributed by atoms with E-state index in [1.54, 1.807) is 12.6 Å². The van der Waals surface area contributed by atoms with Gasteiger partial charge in [0.25, 0.3) is 0 Å². The summed E-state index contributed by atoms with van der Waals surface area (Å²) in [6.45, 7) is 1.98. The normalized spacial score (nSPS) is 19.4. The topological polar surface area (TPSA) is 85.3 Å². The molecule has 0 unspecified atom stereocenters. The molecular weight excluding hydrogens is 272 g/mol. The number of fused-ring (bicyclic) bond motifs is 1. The molecule has 0 saturated carbocycles. The minimum atomic E-state index is -0.530. The number of aromatic nitrogens is 3. The Bertz CT molecular complexity index is 540. The molecule has 0 saturated heterocycles. The Balaban J connectivity index is 1.33. The molecule has 0 aliphatic carbocycles. The highest BCUT2D eigenvalue weighted by Gasteiger charge is 2.20. The van der Waals surface area contributed by atoms with Crippen molar-refractivity contribution in [1.29, 1.82) is 0 Å². The van der Waals surface area contributed by atoms with Crippen LogP contribution in [0, 0.1) is 0 Å². The maximum atomic E-state index is 9.91. The summed E-state index contributed by atoms with van der Waals surface area (Å²) in [4.78, 5) is 4.20. The second-order valence-corrected chi connectivity index (χ2v) is 5.25. The molecule has 7 nitrogen and oxygen atoms in total. The Hall–Kier alpha value is -1.70. The number of hydrogen-bond donors (Lipinski definition) is 2. The van der Waals surface area contributed by atoms with Gasteiger partial charge < -0.3 is 19.6 Å². The highest BCUT2D eigenvalue weighted by molar-refractivity contribution is 4.96. The van der Waals surface area contributed by atoms with E-state index >= 15 is 0 Å². The molecule has 3 rings (SSSR count). The lowest BCUT2D eigenvalue weighted by atomic mass is 10.1. The van der Waals surface area contributed by atoms with Gasteiger partial charge in [-0.1, -0.05) is 0 Å². The van der Waals surface area contributed by atoms with Gasteiger partial charge in [0.05, 0.1) is 25.5 Å². The molecular formula is C14H20N4O3. The number of furan rings is 1. The summed E-state index contributed by atoms with van der Waals surface area (Å²) in [6, 6.07) is 3.99. The summed E-state index contributed by atoms with van der Waals surface area (Å²) >= 11 is 0. The van der Waals surface area contributed by atoms with Gasteiger partial charge in [0.1, 0.15) is 24.5 Å². The molecule has 1 aliphatic heterocycles. The van der Waals surface area contributed by atoms with E-state index in [1.807, 2.05) is 16.8 Å². The van der Waals surface area contributed by atoms with Gasteiger partial charge >= 0.3 is 0 Å². The molecule has 1 aliphatic rings. The van der Waals surface area contributed by atoms with E-state index in [-0.39, 0.29) is 6.61 Å². The molecule has 114 valence electrons. The summed E-state index contributed by atoms with van der Waals surface area (Å²) < 4.78 is 12.5. The third kappa shape index (κ3) is 3.90. The van der Waals surface area contributed by atoms with E-state index in [0.717, 1.165) is 31.0 Å². The van der Waals surface area contributed by atoms with Crippen LogP contribution in [-0.4, -0.2) is 45.2 Å². The molecule has 21 heavy (non-hydrogen) atoms. The van der Waals surface area contributed by atoms with Crippen molar-refractivity contribution in [2.75, 3.05) is 13.2 Å². The highest BCUT2D eigenvalue weighted by atomic mass is 16.5. The molecule has 0 aromatic carbocycles.